The fraction of sp³-hybridized carbons (Fsp3) is 0.296. The number of ether oxygens (including phenoxy) is 2. The molecule has 0 radical (unpaired) electrons. The SMILES string of the molecule is Cc1ccc(S(=O)(=O)N(CC(=O)NC(C)c2ccc3c(c2)OCCO3)c2cc(C)cc(C)c2)cc1. The zero-order valence-electron chi connectivity index (χ0n) is 20.4. The fourth-order valence-electron chi connectivity index (χ4n) is 4.08. The number of carbonyl (C=O) groups excluding carboxylic acids is 1. The number of fused-ring (bicyclic) bond motifs is 1. The topological polar surface area (TPSA) is 84.9 Å². The molecule has 0 aliphatic carbocycles. The number of carbonyl (C=O) groups is 1. The smallest absolute Gasteiger partial charge is 0.264 e. The van der Waals surface area contributed by atoms with E-state index in [2.05, 4.69) is 5.32 Å². The van der Waals surface area contributed by atoms with Gasteiger partial charge >= 0.3 is 0 Å². The van der Waals surface area contributed by atoms with E-state index in [-0.39, 0.29) is 17.5 Å². The summed E-state index contributed by atoms with van der Waals surface area (Å²) in [4.78, 5) is 13.3. The van der Waals surface area contributed by atoms with Gasteiger partial charge in [-0.3, -0.25) is 9.10 Å². The number of rotatable bonds is 7. The van der Waals surface area contributed by atoms with Crippen LogP contribution in [0.4, 0.5) is 5.69 Å². The van der Waals surface area contributed by atoms with Gasteiger partial charge in [0, 0.05) is 0 Å². The molecule has 3 aromatic rings. The Bertz CT molecular complexity index is 1320. The van der Waals surface area contributed by atoms with Crippen molar-refractivity contribution in [2.75, 3.05) is 24.1 Å². The van der Waals surface area contributed by atoms with E-state index in [1.807, 2.05) is 52.0 Å². The summed E-state index contributed by atoms with van der Waals surface area (Å²) in [6.07, 6.45) is 0. The van der Waals surface area contributed by atoms with Crippen LogP contribution in [0.3, 0.4) is 0 Å². The molecule has 7 nitrogen and oxygen atoms in total. The molecule has 3 aromatic carbocycles. The van der Waals surface area contributed by atoms with E-state index in [4.69, 9.17) is 9.47 Å². The van der Waals surface area contributed by atoms with Crippen LogP contribution in [-0.4, -0.2) is 34.1 Å². The maximum atomic E-state index is 13.6. The van der Waals surface area contributed by atoms with Crippen LogP contribution in [0.25, 0.3) is 0 Å². The maximum absolute atomic E-state index is 13.6. The van der Waals surface area contributed by atoms with Gasteiger partial charge in [0.05, 0.1) is 16.6 Å². The average Bonchev–Trinajstić information content (AvgIpc) is 2.81. The number of anilines is 1. The van der Waals surface area contributed by atoms with Crippen LogP contribution in [0.5, 0.6) is 11.5 Å². The third-order valence-corrected chi connectivity index (χ3v) is 7.62. The molecule has 35 heavy (non-hydrogen) atoms. The molecular weight excluding hydrogens is 464 g/mol. The normalized spacial score (nSPS) is 13.7. The summed E-state index contributed by atoms with van der Waals surface area (Å²) in [5.41, 5.74) is 4.06. The van der Waals surface area contributed by atoms with Gasteiger partial charge in [-0.2, -0.15) is 0 Å². The Hall–Kier alpha value is -3.52. The second-order valence-corrected chi connectivity index (χ2v) is 10.7. The summed E-state index contributed by atoms with van der Waals surface area (Å²) in [7, 11) is -3.98. The number of amides is 1. The minimum Gasteiger partial charge on any atom is -0.486 e. The largest absolute Gasteiger partial charge is 0.486 e. The molecule has 0 spiro atoms. The third kappa shape index (κ3) is 5.59. The molecule has 0 aromatic heterocycles. The molecule has 4 rings (SSSR count). The van der Waals surface area contributed by atoms with E-state index >= 15 is 0 Å². The molecule has 1 aliphatic rings. The molecule has 1 amide bonds. The van der Waals surface area contributed by atoms with Gasteiger partial charge in [-0.1, -0.05) is 29.8 Å². The summed E-state index contributed by atoms with van der Waals surface area (Å²) in [5, 5.41) is 2.92. The van der Waals surface area contributed by atoms with Gasteiger partial charge < -0.3 is 14.8 Å². The summed E-state index contributed by atoms with van der Waals surface area (Å²) in [6.45, 7) is 8.16. The highest BCUT2D eigenvalue weighted by molar-refractivity contribution is 7.92. The Morgan fingerprint density at radius 3 is 2.17 bits per heavy atom. The Balaban J connectivity index is 1.60. The highest BCUT2D eigenvalue weighted by Crippen LogP contribution is 2.32. The van der Waals surface area contributed by atoms with Gasteiger partial charge in [-0.25, -0.2) is 8.42 Å². The summed E-state index contributed by atoms with van der Waals surface area (Å²) in [6, 6.07) is 17.3. The number of nitrogens with one attached hydrogen (secondary N) is 1. The van der Waals surface area contributed by atoms with Crippen molar-refractivity contribution in [3.05, 3.63) is 82.9 Å². The first-order chi connectivity index (χ1) is 16.6. The van der Waals surface area contributed by atoms with Gasteiger partial charge in [-0.15, -0.1) is 0 Å². The lowest BCUT2D eigenvalue weighted by atomic mass is 10.1. The van der Waals surface area contributed by atoms with E-state index in [0.29, 0.717) is 30.4 Å². The number of nitrogens with zero attached hydrogens (tertiary/aromatic N) is 1. The van der Waals surface area contributed by atoms with Crippen molar-refractivity contribution >= 4 is 21.6 Å². The predicted molar refractivity (Wildman–Crippen MR) is 136 cm³/mol. The lowest BCUT2D eigenvalue weighted by Gasteiger charge is -2.26. The molecule has 1 unspecified atom stereocenters. The number of hydrogen-bond donors (Lipinski definition) is 1. The van der Waals surface area contributed by atoms with Crippen molar-refractivity contribution in [2.45, 2.75) is 38.6 Å². The van der Waals surface area contributed by atoms with Gasteiger partial charge in [0.15, 0.2) is 11.5 Å². The van der Waals surface area contributed by atoms with Crippen LogP contribution in [0.1, 0.15) is 35.2 Å². The minimum absolute atomic E-state index is 0.134. The molecule has 8 heteroatoms. The van der Waals surface area contributed by atoms with Gasteiger partial charge in [0.25, 0.3) is 10.0 Å². The highest BCUT2D eigenvalue weighted by atomic mass is 32.2. The second kappa shape index (κ2) is 10.00. The van der Waals surface area contributed by atoms with E-state index in [9.17, 15) is 13.2 Å². The van der Waals surface area contributed by atoms with E-state index < -0.39 is 15.9 Å². The van der Waals surface area contributed by atoms with Crippen molar-refractivity contribution < 1.29 is 22.7 Å². The van der Waals surface area contributed by atoms with Gasteiger partial charge in [0.1, 0.15) is 19.8 Å². The lowest BCUT2D eigenvalue weighted by Crippen LogP contribution is -2.41. The Morgan fingerprint density at radius 1 is 0.886 bits per heavy atom. The predicted octanol–water partition coefficient (Wildman–Crippen LogP) is 4.46. The molecule has 0 saturated heterocycles. The first-order valence-corrected chi connectivity index (χ1v) is 12.9. The first-order valence-electron chi connectivity index (χ1n) is 11.5. The van der Waals surface area contributed by atoms with Crippen LogP contribution in [0, 0.1) is 20.8 Å². The standard InChI is InChI=1S/C27H30N2O5S/c1-18-5-8-24(9-6-18)35(31,32)29(23-14-19(2)13-20(3)15-23)17-27(30)28-21(4)22-7-10-25-26(16-22)34-12-11-33-25/h5-10,13-16,21H,11-12,17H2,1-4H3,(H,28,30). The fourth-order valence-corrected chi connectivity index (χ4v) is 5.48. The van der Waals surface area contributed by atoms with Crippen LogP contribution in [-0.2, 0) is 14.8 Å². The first kappa shape index (κ1) is 24.6. The van der Waals surface area contributed by atoms with Crippen LogP contribution < -0.4 is 19.1 Å². The summed E-state index contributed by atoms with van der Waals surface area (Å²) in [5.74, 6) is 0.889. The number of benzene rings is 3. The van der Waals surface area contributed by atoms with Crippen LogP contribution in [0.2, 0.25) is 0 Å². The number of sulfonamides is 1. The maximum Gasteiger partial charge on any atom is 0.264 e. The van der Waals surface area contributed by atoms with Gasteiger partial charge in [-0.05, 0) is 80.8 Å². The van der Waals surface area contributed by atoms with Crippen LogP contribution in [0.15, 0.2) is 65.6 Å². The zero-order valence-corrected chi connectivity index (χ0v) is 21.2. The van der Waals surface area contributed by atoms with E-state index in [1.54, 1.807) is 36.4 Å². The molecule has 1 heterocycles. The third-order valence-electron chi connectivity index (χ3n) is 5.83. The number of aryl methyl sites for hydroxylation is 3. The molecule has 1 aliphatic heterocycles. The average molecular weight is 495 g/mol. The monoisotopic (exact) mass is 494 g/mol. The van der Waals surface area contributed by atoms with Crippen molar-refractivity contribution in [3.8, 4) is 11.5 Å². The molecule has 0 bridgehead atoms. The quantitative estimate of drug-likeness (QED) is 0.524. The van der Waals surface area contributed by atoms with Crippen molar-refractivity contribution in [1.29, 1.82) is 0 Å². The highest BCUT2D eigenvalue weighted by Gasteiger charge is 2.28. The van der Waals surface area contributed by atoms with Gasteiger partial charge in [0.2, 0.25) is 5.91 Å². The second-order valence-electron chi connectivity index (χ2n) is 8.86. The van der Waals surface area contributed by atoms with Crippen molar-refractivity contribution in [2.24, 2.45) is 0 Å². The van der Waals surface area contributed by atoms with Crippen LogP contribution >= 0.6 is 0 Å². The Labute approximate surface area is 206 Å². The molecular formula is C27H30N2O5S. The zero-order chi connectivity index (χ0) is 25.2. The van der Waals surface area contributed by atoms with E-state index in [1.165, 1.54) is 4.31 Å². The Kier molecular flexibility index (Phi) is 7.03. The summed E-state index contributed by atoms with van der Waals surface area (Å²) >= 11 is 0. The number of hydrogen-bond acceptors (Lipinski definition) is 5. The minimum atomic E-state index is -3.98. The van der Waals surface area contributed by atoms with E-state index in [0.717, 1.165) is 22.3 Å². The molecule has 1 N–H and O–H groups in total. The molecule has 1 atom stereocenters. The summed E-state index contributed by atoms with van der Waals surface area (Å²) < 4.78 is 39.6. The molecule has 0 saturated carbocycles. The molecule has 0 fully saturated rings. The lowest BCUT2D eigenvalue weighted by molar-refractivity contribution is -0.120. The molecule has 184 valence electrons. The van der Waals surface area contributed by atoms with Crippen molar-refractivity contribution in [1.82, 2.24) is 5.32 Å². The van der Waals surface area contributed by atoms with Crippen molar-refractivity contribution in [3.63, 3.8) is 0 Å². The Morgan fingerprint density at radius 2 is 1.51 bits per heavy atom.